The summed E-state index contributed by atoms with van der Waals surface area (Å²) in [6.45, 7) is 0.147. The predicted molar refractivity (Wildman–Crippen MR) is 80.2 cm³/mol. The summed E-state index contributed by atoms with van der Waals surface area (Å²) in [5.74, 6) is -0.330. The van der Waals surface area contributed by atoms with Crippen molar-refractivity contribution in [3.63, 3.8) is 0 Å². The first-order valence-electron chi connectivity index (χ1n) is 7.79. The third kappa shape index (κ3) is 2.93. The molecule has 2 N–H and O–H groups in total. The highest BCUT2D eigenvalue weighted by molar-refractivity contribution is 5.81. The van der Waals surface area contributed by atoms with Crippen molar-refractivity contribution in [2.24, 2.45) is 11.3 Å². The number of carbonyl (C=O) groups is 2. The first-order chi connectivity index (χ1) is 10.6. The number of hydrogen-bond donors (Lipinski definition) is 2. The van der Waals surface area contributed by atoms with E-state index >= 15 is 0 Å². The number of ether oxygens (including phenoxy) is 1. The molecule has 2 aliphatic rings. The van der Waals surface area contributed by atoms with Gasteiger partial charge in [0, 0.05) is 5.41 Å². The van der Waals surface area contributed by atoms with E-state index in [1.807, 2.05) is 30.3 Å². The zero-order valence-electron chi connectivity index (χ0n) is 12.5. The van der Waals surface area contributed by atoms with Gasteiger partial charge in [0.05, 0.1) is 0 Å². The standard InChI is InChI=1S/C17H21NO4/c19-15(20)14(17-8-6-12(10-17)7-9-17)18-16(21)22-11-13-4-2-1-3-5-13/h1-5,12,14H,6-11H2,(H,18,21)(H,19,20). The van der Waals surface area contributed by atoms with E-state index in [0.717, 1.165) is 37.7 Å². The molecular weight excluding hydrogens is 282 g/mol. The molecule has 0 aliphatic heterocycles. The molecule has 2 saturated carbocycles. The normalized spacial score (nSPS) is 27.4. The lowest BCUT2D eigenvalue weighted by atomic mass is 9.77. The minimum atomic E-state index is -0.959. The van der Waals surface area contributed by atoms with Gasteiger partial charge >= 0.3 is 12.1 Å². The second-order valence-corrected chi connectivity index (χ2v) is 6.49. The summed E-state index contributed by atoms with van der Waals surface area (Å²) in [5, 5.41) is 12.1. The van der Waals surface area contributed by atoms with Crippen molar-refractivity contribution in [2.45, 2.75) is 44.8 Å². The Balaban J connectivity index is 1.59. The summed E-state index contributed by atoms with van der Waals surface area (Å²) >= 11 is 0. The Hall–Kier alpha value is -2.04. The van der Waals surface area contributed by atoms with Crippen LogP contribution in [-0.4, -0.2) is 23.2 Å². The van der Waals surface area contributed by atoms with E-state index in [2.05, 4.69) is 5.32 Å². The number of carboxylic acids is 1. The van der Waals surface area contributed by atoms with Crippen molar-refractivity contribution in [2.75, 3.05) is 0 Å². The van der Waals surface area contributed by atoms with E-state index < -0.39 is 18.1 Å². The van der Waals surface area contributed by atoms with Gasteiger partial charge < -0.3 is 15.2 Å². The minimum absolute atomic E-state index is 0.147. The second-order valence-electron chi connectivity index (χ2n) is 6.49. The largest absolute Gasteiger partial charge is 0.480 e. The SMILES string of the molecule is O=C(NC(C(=O)O)C12CCC(CC1)C2)OCc1ccccc1. The van der Waals surface area contributed by atoms with Gasteiger partial charge in [0.25, 0.3) is 0 Å². The van der Waals surface area contributed by atoms with Gasteiger partial charge in [-0.2, -0.15) is 0 Å². The monoisotopic (exact) mass is 303 g/mol. The number of alkyl carbamates (subject to hydrolysis) is 1. The van der Waals surface area contributed by atoms with Gasteiger partial charge in [-0.25, -0.2) is 9.59 Å². The van der Waals surface area contributed by atoms with Gasteiger partial charge in [0.15, 0.2) is 0 Å². The summed E-state index contributed by atoms with van der Waals surface area (Å²) in [6, 6.07) is 8.50. The molecule has 0 aromatic heterocycles. The van der Waals surface area contributed by atoms with Crippen LogP contribution in [0.15, 0.2) is 30.3 Å². The Bertz CT molecular complexity index is 549. The summed E-state index contributed by atoms with van der Waals surface area (Å²) in [5.41, 5.74) is 0.604. The lowest BCUT2D eigenvalue weighted by Gasteiger charge is -2.33. The van der Waals surface area contributed by atoms with Crippen LogP contribution >= 0.6 is 0 Å². The zero-order chi connectivity index (χ0) is 15.6. The summed E-state index contributed by atoms with van der Waals surface area (Å²) < 4.78 is 5.16. The van der Waals surface area contributed by atoms with Crippen molar-refractivity contribution >= 4 is 12.1 Å². The van der Waals surface area contributed by atoms with E-state index in [0.29, 0.717) is 5.92 Å². The van der Waals surface area contributed by atoms with Crippen LogP contribution in [0.3, 0.4) is 0 Å². The number of nitrogens with one attached hydrogen (secondary N) is 1. The van der Waals surface area contributed by atoms with Crippen LogP contribution in [0.4, 0.5) is 4.79 Å². The average Bonchev–Trinajstić information content (AvgIpc) is 3.13. The predicted octanol–water partition coefficient (Wildman–Crippen LogP) is 2.95. The zero-order valence-corrected chi connectivity index (χ0v) is 12.5. The number of hydrogen-bond acceptors (Lipinski definition) is 3. The fourth-order valence-electron chi connectivity index (χ4n) is 4.00. The highest BCUT2D eigenvalue weighted by Gasteiger charge is 2.53. The number of benzene rings is 1. The van der Waals surface area contributed by atoms with Crippen LogP contribution < -0.4 is 5.32 Å². The van der Waals surface area contributed by atoms with E-state index in [1.165, 1.54) is 0 Å². The average molecular weight is 303 g/mol. The molecule has 5 heteroatoms. The van der Waals surface area contributed by atoms with Crippen LogP contribution in [0, 0.1) is 11.3 Å². The number of aliphatic carboxylic acids is 1. The van der Waals surface area contributed by atoms with Gasteiger partial charge in [-0.15, -0.1) is 0 Å². The molecule has 1 atom stereocenters. The van der Waals surface area contributed by atoms with E-state index in [9.17, 15) is 14.7 Å². The number of amides is 1. The number of rotatable bonds is 5. The molecule has 2 fully saturated rings. The molecule has 2 bridgehead atoms. The van der Waals surface area contributed by atoms with Gasteiger partial charge in [-0.05, 0) is 43.6 Å². The lowest BCUT2D eigenvalue weighted by molar-refractivity contribution is -0.143. The Morgan fingerprint density at radius 3 is 2.50 bits per heavy atom. The molecular formula is C17H21NO4. The Morgan fingerprint density at radius 1 is 1.27 bits per heavy atom. The highest BCUT2D eigenvalue weighted by atomic mass is 16.5. The quantitative estimate of drug-likeness (QED) is 0.877. The maximum Gasteiger partial charge on any atom is 0.408 e. The molecule has 0 saturated heterocycles. The van der Waals surface area contributed by atoms with Gasteiger partial charge in [-0.1, -0.05) is 30.3 Å². The number of fused-ring (bicyclic) bond motifs is 2. The molecule has 1 unspecified atom stereocenters. The van der Waals surface area contributed by atoms with Gasteiger partial charge in [0.2, 0.25) is 0 Å². The molecule has 5 nitrogen and oxygen atoms in total. The maximum absolute atomic E-state index is 12.0. The molecule has 2 aliphatic carbocycles. The Kier molecular flexibility index (Phi) is 4.05. The van der Waals surface area contributed by atoms with Crippen LogP contribution in [-0.2, 0) is 16.1 Å². The smallest absolute Gasteiger partial charge is 0.408 e. The van der Waals surface area contributed by atoms with Crippen LogP contribution in [0.1, 0.15) is 37.7 Å². The fourth-order valence-corrected chi connectivity index (χ4v) is 4.00. The van der Waals surface area contributed by atoms with Crippen LogP contribution in [0.25, 0.3) is 0 Å². The molecule has 0 heterocycles. The first-order valence-corrected chi connectivity index (χ1v) is 7.79. The van der Waals surface area contributed by atoms with Crippen molar-refractivity contribution < 1.29 is 19.4 Å². The minimum Gasteiger partial charge on any atom is -0.480 e. The second kappa shape index (κ2) is 5.99. The number of carboxylic acid groups (broad SMARTS) is 1. The van der Waals surface area contributed by atoms with Gasteiger partial charge in [0.1, 0.15) is 12.6 Å². The molecule has 1 aromatic carbocycles. The molecule has 1 amide bonds. The first kappa shape index (κ1) is 14.9. The van der Waals surface area contributed by atoms with Crippen LogP contribution in [0.5, 0.6) is 0 Å². The van der Waals surface area contributed by atoms with Crippen molar-refractivity contribution in [3.8, 4) is 0 Å². The van der Waals surface area contributed by atoms with Crippen molar-refractivity contribution in [1.82, 2.24) is 5.32 Å². The third-order valence-electron chi connectivity index (χ3n) is 5.13. The Morgan fingerprint density at radius 2 is 1.95 bits per heavy atom. The molecule has 0 radical (unpaired) electrons. The molecule has 1 aromatic rings. The van der Waals surface area contributed by atoms with Crippen molar-refractivity contribution in [3.05, 3.63) is 35.9 Å². The molecule has 0 spiro atoms. The van der Waals surface area contributed by atoms with Gasteiger partial charge in [-0.3, -0.25) is 0 Å². The molecule has 22 heavy (non-hydrogen) atoms. The van der Waals surface area contributed by atoms with E-state index in [1.54, 1.807) is 0 Å². The highest BCUT2D eigenvalue weighted by Crippen LogP contribution is 2.56. The lowest BCUT2D eigenvalue weighted by Crippen LogP contribution is -2.51. The summed E-state index contributed by atoms with van der Waals surface area (Å²) in [6.07, 6.45) is 4.17. The summed E-state index contributed by atoms with van der Waals surface area (Å²) in [4.78, 5) is 23.6. The molecule has 118 valence electrons. The topological polar surface area (TPSA) is 75.6 Å². The fraction of sp³-hybridized carbons (Fsp3) is 0.529. The van der Waals surface area contributed by atoms with E-state index in [4.69, 9.17) is 4.74 Å². The Labute approximate surface area is 129 Å². The van der Waals surface area contributed by atoms with Crippen molar-refractivity contribution in [1.29, 1.82) is 0 Å². The summed E-state index contributed by atoms with van der Waals surface area (Å²) in [7, 11) is 0. The maximum atomic E-state index is 12.0. The van der Waals surface area contributed by atoms with E-state index in [-0.39, 0.29) is 12.0 Å². The van der Waals surface area contributed by atoms with Crippen LogP contribution in [0.2, 0.25) is 0 Å². The molecule has 3 rings (SSSR count). The third-order valence-corrected chi connectivity index (χ3v) is 5.13. The number of carbonyl (C=O) groups excluding carboxylic acids is 1.